The lowest BCUT2D eigenvalue weighted by molar-refractivity contribution is -0.131. The molecule has 0 saturated heterocycles. The van der Waals surface area contributed by atoms with Crippen molar-refractivity contribution in [1.29, 1.82) is 0 Å². The molecule has 1 aliphatic carbocycles. The van der Waals surface area contributed by atoms with Crippen LogP contribution in [0.3, 0.4) is 0 Å². The molecular weight excluding hydrogens is 312 g/mol. The maximum atomic E-state index is 12.6. The van der Waals surface area contributed by atoms with Gasteiger partial charge >= 0.3 is 0 Å². The topological polar surface area (TPSA) is 42.4 Å². The van der Waals surface area contributed by atoms with Gasteiger partial charge in [0.2, 0.25) is 5.91 Å². The highest BCUT2D eigenvalue weighted by molar-refractivity contribution is 6.30. The first-order valence-electron chi connectivity index (χ1n) is 7.57. The van der Waals surface area contributed by atoms with Gasteiger partial charge in [-0.15, -0.1) is 0 Å². The molecule has 2 unspecified atom stereocenters. The molecule has 0 radical (unpaired) electrons. The van der Waals surface area contributed by atoms with Gasteiger partial charge in [0.15, 0.2) is 0 Å². The fourth-order valence-electron chi connectivity index (χ4n) is 2.92. The van der Waals surface area contributed by atoms with Gasteiger partial charge < -0.3 is 9.64 Å². The van der Waals surface area contributed by atoms with E-state index in [1.54, 1.807) is 24.3 Å². The summed E-state index contributed by atoms with van der Waals surface area (Å²) in [5, 5.41) is 0.640. The average Bonchev–Trinajstić information content (AvgIpc) is 3.36. The fourth-order valence-corrected chi connectivity index (χ4v) is 3.11. The number of rotatable bonds is 5. The molecule has 0 aliphatic heterocycles. The van der Waals surface area contributed by atoms with Gasteiger partial charge in [0, 0.05) is 42.5 Å². The molecule has 4 nitrogen and oxygen atoms in total. The van der Waals surface area contributed by atoms with E-state index in [9.17, 15) is 4.79 Å². The molecule has 23 heavy (non-hydrogen) atoms. The minimum Gasteiger partial charge on any atom is -0.496 e. The summed E-state index contributed by atoms with van der Waals surface area (Å²) in [5.41, 5.74) is 2.05. The van der Waals surface area contributed by atoms with Gasteiger partial charge in [0.1, 0.15) is 5.75 Å². The average molecular weight is 331 g/mol. The van der Waals surface area contributed by atoms with Crippen LogP contribution in [0.2, 0.25) is 5.02 Å². The molecule has 1 saturated carbocycles. The van der Waals surface area contributed by atoms with E-state index < -0.39 is 0 Å². The molecule has 2 aromatic rings. The Hall–Kier alpha value is -2.07. The number of pyridine rings is 1. The first-order valence-corrected chi connectivity index (χ1v) is 7.95. The number of hydrogen-bond acceptors (Lipinski definition) is 3. The minimum atomic E-state index is 0.0504. The monoisotopic (exact) mass is 330 g/mol. The molecule has 120 valence electrons. The van der Waals surface area contributed by atoms with Crippen molar-refractivity contribution in [3.63, 3.8) is 0 Å². The van der Waals surface area contributed by atoms with Crippen molar-refractivity contribution in [3.8, 4) is 5.75 Å². The Labute approximate surface area is 141 Å². The van der Waals surface area contributed by atoms with Gasteiger partial charge in [-0.2, -0.15) is 0 Å². The third-order valence-corrected chi connectivity index (χ3v) is 4.48. The van der Waals surface area contributed by atoms with E-state index in [1.807, 2.05) is 37.5 Å². The molecule has 1 aliphatic rings. The zero-order valence-electron chi connectivity index (χ0n) is 13.2. The van der Waals surface area contributed by atoms with Crippen LogP contribution < -0.4 is 4.74 Å². The Morgan fingerprint density at radius 2 is 2.26 bits per heavy atom. The van der Waals surface area contributed by atoms with Gasteiger partial charge in [-0.05, 0) is 42.2 Å². The maximum absolute atomic E-state index is 12.6. The highest BCUT2D eigenvalue weighted by atomic mass is 35.5. The molecule has 1 fully saturated rings. The Balaban J connectivity index is 1.66. The first-order chi connectivity index (χ1) is 11.1. The summed E-state index contributed by atoms with van der Waals surface area (Å²) in [4.78, 5) is 18.5. The van der Waals surface area contributed by atoms with Crippen LogP contribution in [0.15, 0.2) is 42.7 Å². The third kappa shape index (κ3) is 3.48. The zero-order valence-corrected chi connectivity index (χ0v) is 14.0. The number of carbonyl (C=O) groups is 1. The summed E-state index contributed by atoms with van der Waals surface area (Å²) in [6, 6.07) is 9.40. The van der Waals surface area contributed by atoms with E-state index in [0.29, 0.717) is 17.5 Å². The Morgan fingerprint density at radius 3 is 2.96 bits per heavy atom. The number of methoxy groups -OCH3 is 1. The summed E-state index contributed by atoms with van der Waals surface area (Å²) in [6.45, 7) is 0.485. The second-order valence-electron chi connectivity index (χ2n) is 5.89. The second-order valence-corrected chi connectivity index (χ2v) is 6.32. The highest BCUT2D eigenvalue weighted by Crippen LogP contribution is 2.48. The van der Waals surface area contributed by atoms with Crippen LogP contribution in [-0.2, 0) is 11.3 Å². The fraction of sp³-hybridized carbons (Fsp3) is 0.333. The van der Waals surface area contributed by atoms with Crippen molar-refractivity contribution in [2.75, 3.05) is 14.2 Å². The van der Waals surface area contributed by atoms with Gasteiger partial charge in [-0.1, -0.05) is 17.7 Å². The lowest BCUT2D eigenvalue weighted by Crippen LogP contribution is -2.28. The van der Waals surface area contributed by atoms with Crippen LogP contribution >= 0.6 is 11.6 Å². The quantitative estimate of drug-likeness (QED) is 0.842. The summed E-state index contributed by atoms with van der Waals surface area (Å²) < 4.78 is 5.34. The summed E-state index contributed by atoms with van der Waals surface area (Å²) >= 11 is 6.05. The van der Waals surface area contributed by atoms with E-state index in [0.717, 1.165) is 23.3 Å². The van der Waals surface area contributed by atoms with Crippen LogP contribution in [0.25, 0.3) is 0 Å². The first kappa shape index (κ1) is 15.8. The van der Waals surface area contributed by atoms with Crippen molar-refractivity contribution in [2.45, 2.75) is 18.9 Å². The number of hydrogen-bond donors (Lipinski definition) is 0. The van der Waals surface area contributed by atoms with Crippen LogP contribution in [0.5, 0.6) is 5.75 Å². The van der Waals surface area contributed by atoms with Crippen molar-refractivity contribution in [3.05, 3.63) is 58.9 Å². The lowest BCUT2D eigenvalue weighted by atomic mass is 10.1. The minimum absolute atomic E-state index is 0.0504. The number of aromatic nitrogens is 1. The molecule has 5 heteroatoms. The van der Waals surface area contributed by atoms with E-state index >= 15 is 0 Å². The van der Waals surface area contributed by atoms with Crippen molar-refractivity contribution < 1.29 is 9.53 Å². The molecule has 0 N–H and O–H groups in total. The number of ether oxygens (including phenoxy) is 1. The summed E-state index contributed by atoms with van der Waals surface area (Å²) in [6.07, 6.45) is 4.49. The molecule has 0 bridgehead atoms. The van der Waals surface area contributed by atoms with Crippen LogP contribution in [0, 0.1) is 5.92 Å². The smallest absolute Gasteiger partial charge is 0.226 e. The Kier molecular flexibility index (Phi) is 4.53. The van der Waals surface area contributed by atoms with Crippen LogP contribution in [0.4, 0.5) is 0 Å². The van der Waals surface area contributed by atoms with Crippen molar-refractivity contribution in [2.24, 2.45) is 5.92 Å². The highest BCUT2D eigenvalue weighted by Gasteiger charge is 2.45. The standard InChI is InChI=1S/C18H19ClN2O2/c1-21(11-13-8-14(19)5-6-17(13)23-2)18(22)16-9-15(16)12-4-3-7-20-10-12/h3-8,10,15-16H,9,11H2,1-2H3. The van der Waals surface area contributed by atoms with Crippen LogP contribution in [0.1, 0.15) is 23.5 Å². The second kappa shape index (κ2) is 6.59. The summed E-state index contributed by atoms with van der Waals surface area (Å²) in [7, 11) is 3.44. The lowest BCUT2D eigenvalue weighted by Gasteiger charge is -2.19. The number of nitrogens with zero attached hydrogens (tertiary/aromatic N) is 2. The molecule has 1 aromatic carbocycles. The molecule has 1 aromatic heterocycles. The number of halogens is 1. The van der Waals surface area contributed by atoms with Crippen molar-refractivity contribution >= 4 is 17.5 Å². The number of benzene rings is 1. The van der Waals surface area contributed by atoms with Gasteiger partial charge in [0.25, 0.3) is 0 Å². The third-order valence-electron chi connectivity index (χ3n) is 4.25. The van der Waals surface area contributed by atoms with E-state index in [-0.39, 0.29) is 11.8 Å². The predicted octanol–water partition coefficient (Wildman–Crippen LogP) is 3.51. The normalized spacial score (nSPS) is 19.3. The Morgan fingerprint density at radius 1 is 1.43 bits per heavy atom. The largest absolute Gasteiger partial charge is 0.496 e. The van der Waals surface area contributed by atoms with Crippen LogP contribution in [-0.4, -0.2) is 29.9 Å². The van der Waals surface area contributed by atoms with E-state index in [4.69, 9.17) is 16.3 Å². The molecule has 2 atom stereocenters. The van der Waals surface area contributed by atoms with E-state index in [1.165, 1.54) is 0 Å². The van der Waals surface area contributed by atoms with Crippen molar-refractivity contribution in [1.82, 2.24) is 9.88 Å². The Bertz CT molecular complexity index is 705. The SMILES string of the molecule is COc1ccc(Cl)cc1CN(C)C(=O)C1CC1c1cccnc1. The molecular formula is C18H19ClN2O2. The number of amides is 1. The van der Waals surface area contributed by atoms with E-state index in [2.05, 4.69) is 4.98 Å². The van der Waals surface area contributed by atoms with Gasteiger partial charge in [-0.25, -0.2) is 0 Å². The predicted molar refractivity (Wildman–Crippen MR) is 89.6 cm³/mol. The molecule has 0 spiro atoms. The summed E-state index contributed by atoms with van der Waals surface area (Å²) in [5.74, 6) is 1.24. The molecule has 1 heterocycles. The number of carbonyl (C=O) groups excluding carboxylic acids is 1. The zero-order chi connectivity index (χ0) is 16.4. The van der Waals surface area contributed by atoms with Gasteiger partial charge in [0.05, 0.1) is 7.11 Å². The molecule has 1 amide bonds. The van der Waals surface area contributed by atoms with Gasteiger partial charge in [-0.3, -0.25) is 9.78 Å². The maximum Gasteiger partial charge on any atom is 0.226 e. The molecule has 3 rings (SSSR count).